The van der Waals surface area contributed by atoms with Gasteiger partial charge in [-0.15, -0.1) is 0 Å². The molecule has 0 aliphatic rings. The van der Waals surface area contributed by atoms with Gasteiger partial charge in [-0.3, -0.25) is 14.4 Å². The van der Waals surface area contributed by atoms with Crippen LogP contribution < -0.4 is 0 Å². The summed E-state index contributed by atoms with van der Waals surface area (Å²) in [5.74, 6) is -0.946. The Morgan fingerprint density at radius 2 is 0.571 bits per heavy atom. The highest BCUT2D eigenvalue weighted by Gasteiger charge is 2.19. The van der Waals surface area contributed by atoms with Crippen LogP contribution in [0.1, 0.15) is 245 Å². The van der Waals surface area contributed by atoms with Crippen LogP contribution in [0.25, 0.3) is 0 Å². The lowest BCUT2D eigenvalue weighted by atomic mass is 10.1. The van der Waals surface area contributed by atoms with Gasteiger partial charge in [-0.2, -0.15) is 0 Å². The lowest BCUT2D eigenvalue weighted by Crippen LogP contribution is -2.30. The van der Waals surface area contributed by atoms with E-state index in [9.17, 15) is 14.4 Å². The maximum absolute atomic E-state index is 12.8. The first-order chi connectivity index (χ1) is 34.5. The maximum atomic E-state index is 12.8. The number of allylic oxidation sites excluding steroid dienone is 20. The normalized spacial score (nSPS) is 13.0. The molecule has 6 heteroatoms. The van der Waals surface area contributed by atoms with Crippen molar-refractivity contribution in [3.63, 3.8) is 0 Å². The third-order valence-electron chi connectivity index (χ3n) is 11.7. The Labute approximate surface area is 431 Å². The van der Waals surface area contributed by atoms with E-state index in [1.807, 2.05) is 0 Å². The van der Waals surface area contributed by atoms with E-state index in [2.05, 4.69) is 142 Å². The second kappa shape index (κ2) is 57.4. The standard InChI is InChI=1S/C64H104O6/c1-4-7-10-13-16-19-22-24-25-26-27-28-29-30-31-32-33-34-35-36-37-38-39-40-43-45-48-51-54-57-63(66)69-60-61(59-68-62(65)56-53-50-47-44-41-21-18-15-12-9-6-3)70-64(67)58-55-52-49-46-42-23-20-17-14-11-8-5-2/h7,10,15-20,24-25,27-28,30-31,33-34,36-37,39-40,61H,4-6,8-9,11-14,21-23,26,29,32,35,38,41-60H2,1-3H3/b10-7-,18-15-,19-16-,20-17-,25-24-,28-27-,31-30-,34-33-,37-36-,40-39-. The molecule has 0 radical (unpaired) electrons. The summed E-state index contributed by atoms with van der Waals surface area (Å²) in [6.45, 7) is 6.41. The molecule has 0 heterocycles. The van der Waals surface area contributed by atoms with Gasteiger partial charge >= 0.3 is 17.9 Å². The molecule has 0 spiro atoms. The van der Waals surface area contributed by atoms with Gasteiger partial charge in [0.15, 0.2) is 6.10 Å². The molecule has 0 amide bonds. The molecule has 70 heavy (non-hydrogen) atoms. The lowest BCUT2D eigenvalue weighted by Gasteiger charge is -2.18. The number of rotatable bonds is 50. The van der Waals surface area contributed by atoms with Crippen LogP contribution in [0.5, 0.6) is 0 Å². The zero-order chi connectivity index (χ0) is 50.7. The van der Waals surface area contributed by atoms with Crippen LogP contribution in [-0.2, 0) is 28.6 Å². The van der Waals surface area contributed by atoms with Gasteiger partial charge in [0.1, 0.15) is 13.2 Å². The van der Waals surface area contributed by atoms with Gasteiger partial charge in [0.05, 0.1) is 0 Å². The zero-order valence-electron chi connectivity index (χ0n) is 45.2. The summed E-state index contributed by atoms with van der Waals surface area (Å²) in [4.78, 5) is 38.0. The third kappa shape index (κ3) is 54.7. The minimum atomic E-state index is -0.798. The first kappa shape index (κ1) is 65.8. The Balaban J connectivity index is 4.32. The largest absolute Gasteiger partial charge is 0.462 e. The quantitative estimate of drug-likeness (QED) is 0.0262. The van der Waals surface area contributed by atoms with E-state index in [0.717, 1.165) is 148 Å². The summed E-state index contributed by atoms with van der Waals surface area (Å²) < 4.78 is 16.8. The number of esters is 3. The number of hydrogen-bond acceptors (Lipinski definition) is 6. The predicted molar refractivity (Wildman–Crippen MR) is 302 cm³/mol. The third-order valence-corrected chi connectivity index (χ3v) is 11.7. The van der Waals surface area contributed by atoms with Crippen molar-refractivity contribution in [3.8, 4) is 0 Å². The fourth-order valence-corrected chi connectivity index (χ4v) is 7.37. The molecule has 0 saturated carbocycles. The molecule has 0 fully saturated rings. The zero-order valence-corrected chi connectivity index (χ0v) is 45.2. The molecule has 0 aliphatic heterocycles. The van der Waals surface area contributed by atoms with Crippen LogP contribution in [0.4, 0.5) is 0 Å². The summed E-state index contributed by atoms with van der Waals surface area (Å²) in [7, 11) is 0. The summed E-state index contributed by atoms with van der Waals surface area (Å²) in [6, 6.07) is 0. The summed E-state index contributed by atoms with van der Waals surface area (Å²) in [6.07, 6.45) is 79.1. The second-order valence-corrected chi connectivity index (χ2v) is 18.5. The van der Waals surface area contributed by atoms with E-state index in [4.69, 9.17) is 14.2 Å². The van der Waals surface area contributed by atoms with E-state index in [0.29, 0.717) is 19.3 Å². The lowest BCUT2D eigenvalue weighted by molar-refractivity contribution is -0.167. The molecule has 0 aromatic heterocycles. The monoisotopic (exact) mass is 969 g/mol. The molecule has 1 atom stereocenters. The molecule has 0 bridgehead atoms. The fraction of sp³-hybridized carbons (Fsp3) is 0.641. The summed E-state index contributed by atoms with van der Waals surface area (Å²) in [5, 5.41) is 0. The molecular formula is C64H104O6. The van der Waals surface area contributed by atoms with Crippen molar-refractivity contribution >= 4 is 17.9 Å². The van der Waals surface area contributed by atoms with Crippen molar-refractivity contribution in [3.05, 3.63) is 122 Å². The van der Waals surface area contributed by atoms with Gasteiger partial charge in [-0.1, -0.05) is 219 Å². The molecule has 0 saturated heterocycles. The Hall–Kier alpha value is -4.19. The topological polar surface area (TPSA) is 78.9 Å². The molecule has 0 aromatic rings. The molecule has 0 N–H and O–H groups in total. The minimum Gasteiger partial charge on any atom is -0.462 e. The van der Waals surface area contributed by atoms with E-state index in [-0.39, 0.29) is 31.1 Å². The highest BCUT2D eigenvalue weighted by Crippen LogP contribution is 2.13. The van der Waals surface area contributed by atoms with Gasteiger partial charge in [0.2, 0.25) is 0 Å². The number of hydrogen-bond donors (Lipinski definition) is 0. The highest BCUT2D eigenvalue weighted by atomic mass is 16.6. The van der Waals surface area contributed by atoms with E-state index in [1.54, 1.807) is 0 Å². The smallest absolute Gasteiger partial charge is 0.306 e. The predicted octanol–water partition coefficient (Wildman–Crippen LogP) is 19.3. The number of carbonyl (C=O) groups is 3. The van der Waals surface area contributed by atoms with Crippen molar-refractivity contribution in [2.24, 2.45) is 0 Å². The van der Waals surface area contributed by atoms with Gasteiger partial charge in [-0.05, 0) is 128 Å². The van der Waals surface area contributed by atoms with Crippen LogP contribution in [0, 0.1) is 0 Å². The molecule has 0 aliphatic carbocycles. The first-order valence-electron chi connectivity index (χ1n) is 28.5. The summed E-state index contributed by atoms with van der Waals surface area (Å²) >= 11 is 0. The van der Waals surface area contributed by atoms with Crippen molar-refractivity contribution in [1.29, 1.82) is 0 Å². The number of carbonyl (C=O) groups excluding carboxylic acids is 3. The average molecular weight is 970 g/mol. The number of unbranched alkanes of at least 4 members (excludes halogenated alkanes) is 19. The minimum absolute atomic E-state index is 0.0963. The molecule has 1 unspecified atom stereocenters. The Bertz CT molecular complexity index is 1490. The Kier molecular flexibility index (Phi) is 54.0. The Morgan fingerprint density at radius 1 is 0.300 bits per heavy atom. The fourth-order valence-electron chi connectivity index (χ4n) is 7.37. The Morgan fingerprint density at radius 3 is 0.929 bits per heavy atom. The van der Waals surface area contributed by atoms with Crippen LogP contribution in [0.2, 0.25) is 0 Å². The second-order valence-electron chi connectivity index (χ2n) is 18.5. The van der Waals surface area contributed by atoms with Crippen molar-refractivity contribution in [2.75, 3.05) is 13.2 Å². The average Bonchev–Trinajstić information content (AvgIpc) is 3.36. The highest BCUT2D eigenvalue weighted by molar-refractivity contribution is 5.71. The van der Waals surface area contributed by atoms with E-state index >= 15 is 0 Å². The van der Waals surface area contributed by atoms with Crippen molar-refractivity contribution in [1.82, 2.24) is 0 Å². The SMILES string of the molecule is CC/C=C\C/C=C\C/C=C\C/C=C\C/C=C\C/C=C\C/C=C\C/C=C\CCCCCCC(=O)OCC(COC(=O)CCCCCCC/C=C\CCCC)OC(=O)CCCCCCC/C=C\CCCCC. The van der Waals surface area contributed by atoms with Gasteiger partial charge < -0.3 is 14.2 Å². The summed E-state index contributed by atoms with van der Waals surface area (Å²) in [5.41, 5.74) is 0. The molecule has 6 nitrogen and oxygen atoms in total. The maximum Gasteiger partial charge on any atom is 0.306 e. The van der Waals surface area contributed by atoms with Gasteiger partial charge in [0.25, 0.3) is 0 Å². The molecule has 0 aromatic carbocycles. The number of ether oxygens (including phenoxy) is 3. The van der Waals surface area contributed by atoms with E-state index in [1.165, 1.54) is 57.8 Å². The van der Waals surface area contributed by atoms with Crippen LogP contribution in [0.15, 0.2) is 122 Å². The van der Waals surface area contributed by atoms with Crippen molar-refractivity contribution < 1.29 is 28.6 Å². The van der Waals surface area contributed by atoms with Crippen LogP contribution >= 0.6 is 0 Å². The molecular weight excluding hydrogens is 865 g/mol. The van der Waals surface area contributed by atoms with Crippen molar-refractivity contribution in [2.45, 2.75) is 252 Å². The molecule has 0 rings (SSSR count). The van der Waals surface area contributed by atoms with Gasteiger partial charge in [-0.25, -0.2) is 0 Å². The van der Waals surface area contributed by atoms with Gasteiger partial charge in [0, 0.05) is 19.3 Å². The molecule has 396 valence electrons. The van der Waals surface area contributed by atoms with Crippen LogP contribution in [0.3, 0.4) is 0 Å². The van der Waals surface area contributed by atoms with E-state index < -0.39 is 6.10 Å². The first-order valence-corrected chi connectivity index (χ1v) is 28.5. The van der Waals surface area contributed by atoms with Crippen LogP contribution in [-0.4, -0.2) is 37.2 Å².